The maximum absolute atomic E-state index is 12.2. The number of nitriles is 1. The highest BCUT2D eigenvalue weighted by Gasteiger charge is 2.25. The van der Waals surface area contributed by atoms with Crippen molar-refractivity contribution in [3.63, 3.8) is 0 Å². The average molecular weight is 323 g/mol. The number of anilines is 1. The highest BCUT2D eigenvalue weighted by atomic mass is 16.2. The molecule has 122 valence electrons. The molecule has 0 aliphatic heterocycles. The number of rotatable bonds is 5. The smallest absolute Gasteiger partial charge is 0.250 e. The zero-order chi connectivity index (χ0) is 17.7. The normalized spacial score (nSPS) is 11.9. The summed E-state index contributed by atoms with van der Waals surface area (Å²) in [4.78, 5) is 28.2. The van der Waals surface area contributed by atoms with Crippen molar-refractivity contribution in [3.05, 3.63) is 47.4 Å². The summed E-state index contributed by atoms with van der Waals surface area (Å²) in [5, 5.41) is 15.9. The Morgan fingerprint density at radius 2 is 2.12 bits per heavy atom. The Labute approximate surface area is 139 Å². The third-order valence-corrected chi connectivity index (χ3v) is 3.57. The second-order valence-electron chi connectivity index (χ2n) is 5.21. The molecule has 1 atom stereocenters. The van der Waals surface area contributed by atoms with Crippen LogP contribution in [0.4, 0.5) is 5.82 Å². The molecule has 7 nitrogen and oxygen atoms in total. The minimum atomic E-state index is -1.43. The van der Waals surface area contributed by atoms with Crippen LogP contribution < -0.4 is 5.32 Å². The molecule has 0 aliphatic rings. The predicted octanol–water partition coefficient (Wildman–Crippen LogP) is 1.79. The molecule has 0 spiro atoms. The summed E-state index contributed by atoms with van der Waals surface area (Å²) in [7, 11) is 1.81. The molecule has 0 bridgehead atoms. The topological polar surface area (TPSA) is 101 Å². The average Bonchev–Trinajstić information content (AvgIpc) is 2.79. The highest BCUT2D eigenvalue weighted by molar-refractivity contribution is 6.14. The van der Waals surface area contributed by atoms with E-state index in [1.807, 2.05) is 13.8 Å². The molecule has 2 aromatic rings. The SMILES string of the molecule is Cc1nn(C)c(C)c1/C=C/C(=O)[C@@H](C#N)C(=O)Nc1ccccn1. The van der Waals surface area contributed by atoms with Crippen LogP contribution in [0, 0.1) is 31.1 Å². The lowest BCUT2D eigenvalue weighted by molar-refractivity contribution is -0.126. The maximum atomic E-state index is 12.2. The molecule has 2 heterocycles. The maximum Gasteiger partial charge on any atom is 0.250 e. The van der Waals surface area contributed by atoms with Crippen LogP contribution in [0.3, 0.4) is 0 Å². The van der Waals surface area contributed by atoms with Crippen LogP contribution in [0.2, 0.25) is 0 Å². The van der Waals surface area contributed by atoms with Gasteiger partial charge >= 0.3 is 0 Å². The Bertz CT molecular complexity index is 831. The Morgan fingerprint density at radius 3 is 2.67 bits per heavy atom. The van der Waals surface area contributed by atoms with Crippen LogP contribution in [-0.4, -0.2) is 26.5 Å². The first kappa shape index (κ1) is 17.1. The van der Waals surface area contributed by atoms with Gasteiger partial charge in [0.25, 0.3) is 5.91 Å². The third kappa shape index (κ3) is 3.73. The van der Waals surface area contributed by atoms with Gasteiger partial charge in [-0.25, -0.2) is 4.98 Å². The van der Waals surface area contributed by atoms with Crippen LogP contribution in [0.15, 0.2) is 30.5 Å². The Morgan fingerprint density at radius 1 is 1.38 bits per heavy atom. The van der Waals surface area contributed by atoms with Gasteiger partial charge in [0, 0.05) is 24.5 Å². The summed E-state index contributed by atoms with van der Waals surface area (Å²) >= 11 is 0. The van der Waals surface area contributed by atoms with E-state index in [1.165, 1.54) is 12.3 Å². The number of amides is 1. The van der Waals surface area contributed by atoms with Crippen molar-refractivity contribution in [2.75, 3.05) is 5.32 Å². The summed E-state index contributed by atoms with van der Waals surface area (Å²) in [6.07, 6.45) is 4.33. The molecule has 24 heavy (non-hydrogen) atoms. The van der Waals surface area contributed by atoms with E-state index in [2.05, 4.69) is 15.4 Å². The van der Waals surface area contributed by atoms with Crippen molar-refractivity contribution in [3.8, 4) is 6.07 Å². The molecular formula is C17H17N5O2. The molecule has 7 heteroatoms. The van der Waals surface area contributed by atoms with E-state index in [0.29, 0.717) is 5.82 Å². The minimum absolute atomic E-state index is 0.290. The molecule has 0 unspecified atom stereocenters. The number of carbonyl (C=O) groups is 2. The molecule has 0 fully saturated rings. The number of pyridine rings is 1. The zero-order valence-corrected chi connectivity index (χ0v) is 13.6. The first-order valence-corrected chi connectivity index (χ1v) is 7.27. The van der Waals surface area contributed by atoms with Crippen molar-refractivity contribution in [1.82, 2.24) is 14.8 Å². The summed E-state index contributed by atoms with van der Waals surface area (Å²) in [6.45, 7) is 3.70. The molecular weight excluding hydrogens is 306 g/mol. The van der Waals surface area contributed by atoms with E-state index in [9.17, 15) is 9.59 Å². The first-order valence-electron chi connectivity index (χ1n) is 7.27. The first-order chi connectivity index (χ1) is 11.4. The van der Waals surface area contributed by atoms with Gasteiger partial charge in [0.15, 0.2) is 11.7 Å². The fourth-order valence-electron chi connectivity index (χ4n) is 2.18. The molecule has 0 aromatic carbocycles. The number of aryl methyl sites for hydroxylation is 2. The van der Waals surface area contributed by atoms with Gasteiger partial charge in [-0.2, -0.15) is 10.4 Å². The molecule has 1 N–H and O–H groups in total. The molecule has 2 aromatic heterocycles. The van der Waals surface area contributed by atoms with Gasteiger partial charge < -0.3 is 5.32 Å². The number of carbonyl (C=O) groups excluding carboxylic acids is 2. The molecule has 0 saturated heterocycles. The second kappa shape index (κ2) is 7.33. The second-order valence-corrected chi connectivity index (χ2v) is 5.21. The number of allylic oxidation sites excluding steroid dienone is 1. The number of nitrogens with zero attached hydrogens (tertiary/aromatic N) is 4. The molecule has 0 radical (unpaired) electrons. The summed E-state index contributed by atoms with van der Waals surface area (Å²) in [6, 6.07) is 6.70. The Hall–Kier alpha value is -3.27. The van der Waals surface area contributed by atoms with Gasteiger partial charge in [-0.1, -0.05) is 6.07 Å². The van der Waals surface area contributed by atoms with Gasteiger partial charge in [-0.15, -0.1) is 0 Å². The summed E-state index contributed by atoms with van der Waals surface area (Å²) in [5.74, 6) is -2.43. The number of nitrogens with one attached hydrogen (secondary N) is 1. The fraction of sp³-hybridized carbons (Fsp3) is 0.235. The van der Waals surface area contributed by atoms with Crippen LogP contribution in [0.5, 0.6) is 0 Å². The summed E-state index contributed by atoms with van der Waals surface area (Å²) < 4.78 is 1.70. The fourth-order valence-corrected chi connectivity index (χ4v) is 2.18. The van der Waals surface area contributed by atoms with Crippen molar-refractivity contribution >= 4 is 23.6 Å². The van der Waals surface area contributed by atoms with Gasteiger partial charge in [-0.3, -0.25) is 14.3 Å². The summed E-state index contributed by atoms with van der Waals surface area (Å²) in [5.41, 5.74) is 2.46. The van der Waals surface area contributed by atoms with Crippen molar-refractivity contribution in [2.24, 2.45) is 13.0 Å². The van der Waals surface area contributed by atoms with E-state index < -0.39 is 17.6 Å². The van der Waals surface area contributed by atoms with Gasteiger partial charge in [0.05, 0.1) is 11.8 Å². The molecule has 0 saturated carbocycles. The number of hydrogen-bond donors (Lipinski definition) is 1. The lowest BCUT2D eigenvalue weighted by Crippen LogP contribution is -2.27. The van der Waals surface area contributed by atoms with Gasteiger partial charge in [0.2, 0.25) is 0 Å². The lowest BCUT2D eigenvalue weighted by atomic mass is 10.0. The van der Waals surface area contributed by atoms with Crippen molar-refractivity contribution in [1.29, 1.82) is 5.26 Å². The number of aromatic nitrogens is 3. The van der Waals surface area contributed by atoms with Crippen LogP contribution in [-0.2, 0) is 16.6 Å². The highest BCUT2D eigenvalue weighted by Crippen LogP contribution is 2.14. The van der Waals surface area contributed by atoms with Gasteiger partial charge in [-0.05, 0) is 38.1 Å². The number of ketones is 1. The van der Waals surface area contributed by atoms with Gasteiger partial charge in [0.1, 0.15) is 5.82 Å². The third-order valence-electron chi connectivity index (χ3n) is 3.57. The predicted molar refractivity (Wildman–Crippen MR) is 88.7 cm³/mol. The lowest BCUT2D eigenvalue weighted by Gasteiger charge is -2.06. The van der Waals surface area contributed by atoms with Crippen LogP contribution >= 0.6 is 0 Å². The van der Waals surface area contributed by atoms with Crippen LogP contribution in [0.25, 0.3) is 6.08 Å². The van der Waals surface area contributed by atoms with Crippen molar-refractivity contribution < 1.29 is 9.59 Å². The Kier molecular flexibility index (Phi) is 5.22. The van der Waals surface area contributed by atoms with Crippen molar-refractivity contribution in [2.45, 2.75) is 13.8 Å². The van der Waals surface area contributed by atoms with E-state index in [-0.39, 0.29) is 0 Å². The molecule has 0 aliphatic carbocycles. The van der Waals surface area contributed by atoms with E-state index in [1.54, 1.807) is 42.1 Å². The standard InChI is InChI=1S/C17H17N5O2/c1-11-13(12(2)22(3)21-11)7-8-15(23)14(10-18)17(24)20-16-6-4-5-9-19-16/h4-9,14H,1-3H3,(H,19,20,24)/b8-7+/t14-/m1/s1. The quantitative estimate of drug-likeness (QED) is 0.668. The van der Waals surface area contributed by atoms with E-state index in [4.69, 9.17) is 5.26 Å². The minimum Gasteiger partial charge on any atom is -0.309 e. The number of hydrogen-bond acceptors (Lipinski definition) is 5. The van der Waals surface area contributed by atoms with E-state index >= 15 is 0 Å². The molecule has 2 rings (SSSR count). The Balaban J connectivity index is 2.13. The largest absolute Gasteiger partial charge is 0.309 e. The zero-order valence-electron chi connectivity index (χ0n) is 13.6. The van der Waals surface area contributed by atoms with E-state index in [0.717, 1.165) is 17.0 Å². The monoisotopic (exact) mass is 323 g/mol. The molecule has 1 amide bonds. The van der Waals surface area contributed by atoms with Crippen LogP contribution in [0.1, 0.15) is 17.0 Å².